The lowest BCUT2D eigenvalue weighted by atomic mass is 10.0. The Labute approximate surface area is 131 Å². The molecule has 0 radical (unpaired) electrons. The van der Waals surface area contributed by atoms with Gasteiger partial charge in [0.1, 0.15) is 5.58 Å². The molecule has 0 spiro atoms. The summed E-state index contributed by atoms with van der Waals surface area (Å²) in [6.07, 6.45) is 0. The third-order valence-electron chi connectivity index (χ3n) is 4.49. The lowest BCUT2D eigenvalue weighted by molar-refractivity contribution is 0.570. The van der Waals surface area contributed by atoms with E-state index in [1.165, 1.54) is 10.9 Å². The zero-order chi connectivity index (χ0) is 15.6. The molecule has 0 bridgehead atoms. The molecule has 3 nitrogen and oxygen atoms in total. The van der Waals surface area contributed by atoms with Gasteiger partial charge in [0.05, 0.1) is 5.39 Å². The number of aromatic amines is 1. The summed E-state index contributed by atoms with van der Waals surface area (Å²) < 4.78 is 5.45. The summed E-state index contributed by atoms with van der Waals surface area (Å²) in [5.41, 5.74) is 3.59. The molecule has 0 saturated carbocycles. The molecular weight excluding hydrogens is 286 g/mol. The molecular formula is C20H13NO2. The van der Waals surface area contributed by atoms with Crippen molar-refractivity contribution in [1.82, 2.24) is 4.98 Å². The fourth-order valence-corrected chi connectivity index (χ4v) is 3.39. The third kappa shape index (κ3) is 1.67. The minimum absolute atomic E-state index is 0.296. The quantitative estimate of drug-likeness (QED) is 0.327. The molecule has 0 aliphatic heterocycles. The molecule has 5 aromatic rings. The number of fused-ring (bicyclic) bond motifs is 6. The van der Waals surface area contributed by atoms with E-state index < -0.39 is 0 Å². The number of hydrogen-bond acceptors (Lipinski definition) is 2. The van der Waals surface area contributed by atoms with E-state index in [0.29, 0.717) is 11.0 Å². The summed E-state index contributed by atoms with van der Waals surface area (Å²) in [6, 6.07) is 18.0. The van der Waals surface area contributed by atoms with Gasteiger partial charge in [0.2, 0.25) is 0 Å². The van der Waals surface area contributed by atoms with Gasteiger partial charge in [-0.1, -0.05) is 29.8 Å². The second-order valence-electron chi connectivity index (χ2n) is 6.00. The largest absolute Gasteiger partial charge is 0.422 e. The Morgan fingerprint density at radius 3 is 2.52 bits per heavy atom. The van der Waals surface area contributed by atoms with Crippen LogP contribution in [0, 0.1) is 6.92 Å². The van der Waals surface area contributed by atoms with Gasteiger partial charge in [-0.2, -0.15) is 0 Å². The Bertz CT molecular complexity index is 1290. The third-order valence-corrected chi connectivity index (χ3v) is 4.49. The Kier molecular flexibility index (Phi) is 2.29. The van der Waals surface area contributed by atoms with Gasteiger partial charge in [-0.25, -0.2) is 4.79 Å². The molecule has 1 N–H and O–H groups in total. The molecule has 0 amide bonds. The highest BCUT2D eigenvalue weighted by Gasteiger charge is 2.11. The van der Waals surface area contributed by atoms with E-state index in [0.717, 1.165) is 27.2 Å². The van der Waals surface area contributed by atoms with Crippen molar-refractivity contribution in [2.24, 2.45) is 0 Å². The van der Waals surface area contributed by atoms with Crippen LogP contribution in [0.3, 0.4) is 0 Å². The van der Waals surface area contributed by atoms with Crippen molar-refractivity contribution in [3.8, 4) is 0 Å². The molecule has 0 saturated heterocycles. The van der Waals surface area contributed by atoms with Crippen LogP contribution in [0.1, 0.15) is 5.56 Å². The predicted molar refractivity (Wildman–Crippen MR) is 94.1 cm³/mol. The number of aromatic nitrogens is 1. The average molecular weight is 299 g/mol. The molecule has 3 heteroatoms. The average Bonchev–Trinajstić information content (AvgIpc) is 2.91. The number of rotatable bonds is 0. The van der Waals surface area contributed by atoms with Gasteiger partial charge in [0.25, 0.3) is 0 Å². The highest BCUT2D eigenvalue weighted by molar-refractivity contribution is 6.16. The normalized spacial score (nSPS) is 11.9. The summed E-state index contributed by atoms with van der Waals surface area (Å²) in [5.74, 6) is 0. The van der Waals surface area contributed by atoms with E-state index in [4.69, 9.17) is 4.42 Å². The molecule has 5 rings (SSSR count). The van der Waals surface area contributed by atoms with Crippen LogP contribution < -0.4 is 5.63 Å². The lowest BCUT2D eigenvalue weighted by Gasteiger charge is -2.03. The smallest absolute Gasteiger partial charge is 0.344 e. The van der Waals surface area contributed by atoms with Gasteiger partial charge in [-0.05, 0) is 37.3 Å². The van der Waals surface area contributed by atoms with E-state index in [1.807, 2.05) is 30.3 Å². The van der Waals surface area contributed by atoms with Gasteiger partial charge in [0, 0.05) is 32.6 Å². The van der Waals surface area contributed by atoms with Gasteiger partial charge >= 0.3 is 5.63 Å². The maximum atomic E-state index is 12.3. The molecule has 0 unspecified atom stereocenters. The van der Waals surface area contributed by atoms with Crippen molar-refractivity contribution in [3.05, 3.63) is 70.6 Å². The minimum atomic E-state index is -0.296. The molecule has 23 heavy (non-hydrogen) atoms. The molecule has 0 aliphatic carbocycles. The fraction of sp³-hybridized carbons (Fsp3) is 0.0500. The number of benzene rings is 3. The molecule has 2 aromatic heterocycles. The Morgan fingerprint density at radius 2 is 1.61 bits per heavy atom. The standard InChI is InChI=1S/C20H13NO2/c1-11-6-7-17-14(8-11)15-9-13-12-4-2-3-5-19(12)23-20(22)16(13)10-18(15)21-17/h2-10,21H,1H3. The maximum absolute atomic E-state index is 12.3. The summed E-state index contributed by atoms with van der Waals surface area (Å²) in [6.45, 7) is 2.09. The van der Waals surface area contributed by atoms with Crippen molar-refractivity contribution in [1.29, 1.82) is 0 Å². The van der Waals surface area contributed by atoms with Crippen molar-refractivity contribution >= 4 is 43.5 Å². The number of para-hydroxylation sites is 1. The number of nitrogens with one attached hydrogen (secondary N) is 1. The van der Waals surface area contributed by atoms with Crippen molar-refractivity contribution < 1.29 is 4.42 Å². The first-order chi connectivity index (χ1) is 11.2. The summed E-state index contributed by atoms with van der Waals surface area (Å²) in [5, 5.41) is 4.82. The Hall–Kier alpha value is -3.07. The van der Waals surface area contributed by atoms with E-state index in [1.54, 1.807) is 0 Å². The van der Waals surface area contributed by atoms with Crippen LogP contribution in [-0.2, 0) is 0 Å². The second-order valence-corrected chi connectivity index (χ2v) is 6.00. The highest BCUT2D eigenvalue weighted by Crippen LogP contribution is 2.32. The Balaban J connectivity index is 2.08. The highest BCUT2D eigenvalue weighted by atomic mass is 16.4. The summed E-state index contributed by atoms with van der Waals surface area (Å²) in [4.78, 5) is 15.7. The topological polar surface area (TPSA) is 46.0 Å². The summed E-state index contributed by atoms with van der Waals surface area (Å²) >= 11 is 0. The van der Waals surface area contributed by atoms with Gasteiger partial charge in [0.15, 0.2) is 0 Å². The van der Waals surface area contributed by atoms with Gasteiger partial charge in [-0.3, -0.25) is 0 Å². The monoisotopic (exact) mass is 299 g/mol. The summed E-state index contributed by atoms with van der Waals surface area (Å²) in [7, 11) is 0. The van der Waals surface area contributed by atoms with E-state index >= 15 is 0 Å². The first-order valence-corrected chi connectivity index (χ1v) is 7.58. The van der Waals surface area contributed by atoms with E-state index in [9.17, 15) is 4.79 Å². The van der Waals surface area contributed by atoms with Crippen LogP contribution in [0.15, 0.2) is 63.8 Å². The number of aryl methyl sites for hydroxylation is 1. The minimum Gasteiger partial charge on any atom is -0.422 e. The van der Waals surface area contributed by atoms with Crippen LogP contribution in [0.5, 0.6) is 0 Å². The lowest BCUT2D eigenvalue weighted by Crippen LogP contribution is -1.99. The van der Waals surface area contributed by atoms with Gasteiger partial charge < -0.3 is 9.40 Å². The fourth-order valence-electron chi connectivity index (χ4n) is 3.39. The molecule has 110 valence electrons. The maximum Gasteiger partial charge on any atom is 0.344 e. The van der Waals surface area contributed by atoms with Crippen LogP contribution in [-0.4, -0.2) is 4.98 Å². The zero-order valence-electron chi connectivity index (χ0n) is 12.5. The first kappa shape index (κ1) is 12.5. The molecule has 0 aliphatic rings. The zero-order valence-corrected chi connectivity index (χ0v) is 12.5. The van der Waals surface area contributed by atoms with E-state index in [-0.39, 0.29) is 5.63 Å². The number of H-pyrrole nitrogens is 1. The Morgan fingerprint density at radius 1 is 0.783 bits per heavy atom. The van der Waals surface area contributed by atoms with E-state index in [2.05, 4.69) is 36.2 Å². The molecule has 0 atom stereocenters. The number of hydrogen-bond donors (Lipinski definition) is 1. The molecule has 3 aromatic carbocycles. The predicted octanol–water partition coefficient (Wildman–Crippen LogP) is 4.89. The van der Waals surface area contributed by atoms with Crippen molar-refractivity contribution in [2.45, 2.75) is 6.92 Å². The van der Waals surface area contributed by atoms with Crippen LogP contribution >= 0.6 is 0 Å². The van der Waals surface area contributed by atoms with Crippen LogP contribution in [0.25, 0.3) is 43.5 Å². The van der Waals surface area contributed by atoms with Gasteiger partial charge in [-0.15, -0.1) is 0 Å². The van der Waals surface area contributed by atoms with Crippen molar-refractivity contribution in [2.75, 3.05) is 0 Å². The van der Waals surface area contributed by atoms with Crippen LogP contribution in [0.2, 0.25) is 0 Å². The molecule has 0 fully saturated rings. The SMILES string of the molecule is Cc1ccc2[nH]c3cc4c(=O)oc5ccccc5c4cc3c2c1. The van der Waals surface area contributed by atoms with Crippen molar-refractivity contribution in [3.63, 3.8) is 0 Å². The second kappa shape index (κ2) is 4.23. The molecule has 2 heterocycles. The van der Waals surface area contributed by atoms with Crippen LogP contribution in [0.4, 0.5) is 0 Å². The first-order valence-electron chi connectivity index (χ1n) is 7.58.